The van der Waals surface area contributed by atoms with Gasteiger partial charge in [0.05, 0.1) is 0 Å². The Hall–Kier alpha value is -0.470. The second-order valence-corrected chi connectivity index (χ2v) is 5.81. The highest BCUT2D eigenvalue weighted by molar-refractivity contribution is 8.00. The molecule has 1 saturated heterocycles. The van der Waals surface area contributed by atoms with Gasteiger partial charge in [-0.1, -0.05) is 29.3 Å². The van der Waals surface area contributed by atoms with Crippen LogP contribution in [0.15, 0.2) is 18.2 Å². The van der Waals surface area contributed by atoms with Crippen molar-refractivity contribution in [3.63, 3.8) is 0 Å². The molecule has 1 aliphatic heterocycles. The zero-order valence-electron chi connectivity index (χ0n) is 9.55. The zero-order chi connectivity index (χ0) is 10.7. The van der Waals surface area contributed by atoms with Crippen LogP contribution in [0, 0.1) is 13.8 Å². The molecule has 0 radical (unpaired) electrons. The van der Waals surface area contributed by atoms with Crippen LogP contribution in [0.3, 0.4) is 0 Å². The van der Waals surface area contributed by atoms with Crippen molar-refractivity contribution in [2.75, 3.05) is 18.8 Å². The standard InChI is InChI=1S/C13H19NS/c1-10-5-11(2)7-12(6-10)8-13-9-14-3-4-15-13/h5-7,13-14H,3-4,8-9H2,1-2H3. The minimum absolute atomic E-state index is 0.764. The molecule has 82 valence electrons. The number of thioether (sulfide) groups is 1. The first-order valence-electron chi connectivity index (χ1n) is 5.63. The summed E-state index contributed by atoms with van der Waals surface area (Å²) >= 11 is 2.11. The van der Waals surface area contributed by atoms with Crippen molar-refractivity contribution in [2.24, 2.45) is 0 Å². The fourth-order valence-electron chi connectivity index (χ4n) is 2.20. The van der Waals surface area contributed by atoms with E-state index in [0.29, 0.717) is 0 Å². The topological polar surface area (TPSA) is 12.0 Å². The lowest BCUT2D eigenvalue weighted by Gasteiger charge is -2.22. The third-order valence-corrected chi connectivity index (χ3v) is 3.99. The first-order valence-corrected chi connectivity index (χ1v) is 6.68. The summed E-state index contributed by atoms with van der Waals surface area (Å²) < 4.78 is 0. The number of rotatable bonds is 2. The van der Waals surface area contributed by atoms with Crippen molar-refractivity contribution in [3.05, 3.63) is 34.9 Å². The fourth-order valence-corrected chi connectivity index (χ4v) is 3.34. The molecule has 1 aromatic carbocycles. The van der Waals surface area contributed by atoms with E-state index in [1.54, 1.807) is 0 Å². The lowest BCUT2D eigenvalue weighted by molar-refractivity contribution is 0.666. The minimum atomic E-state index is 0.764. The molecule has 1 aromatic rings. The Morgan fingerprint density at radius 1 is 1.27 bits per heavy atom. The van der Waals surface area contributed by atoms with Crippen LogP contribution in [0.1, 0.15) is 16.7 Å². The van der Waals surface area contributed by atoms with Gasteiger partial charge in [-0.05, 0) is 25.8 Å². The SMILES string of the molecule is Cc1cc(C)cc(CC2CNCCS2)c1. The average molecular weight is 221 g/mol. The molecule has 0 aliphatic carbocycles. The first-order chi connectivity index (χ1) is 7.24. The molecule has 15 heavy (non-hydrogen) atoms. The van der Waals surface area contributed by atoms with Gasteiger partial charge < -0.3 is 5.32 Å². The van der Waals surface area contributed by atoms with Crippen LogP contribution >= 0.6 is 11.8 Å². The predicted molar refractivity (Wildman–Crippen MR) is 68.7 cm³/mol. The second-order valence-electron chi connectivity index (χ2n) is 4.40. The smallest absolute Gasteiger partial charge is 0.0213 e. The van der Waals surface area contributed by atoms with Crippen LogP contribution < -0.4 is 5.32 Å². The van der Waals surface area contributed by atoms with Gasteiger partial charge in [0.25, 0.3) is 0 Å². The van der Waals surface area contributed by atoms with Crippen LogP contribution in [0.2, 0.25) is 0 Å². The quantitative estimate of drug-likeness (QED) is 0.823. The van der Waals surface area contributed by atoms with Crippen LogP contribution in [-0.4, -0.2) is 24.1 Å². The molecule has 1 atom stereocenters. The van der Waals surface area contributed by atoms with E-state index in [9.17, 15) is 0 Å². The molecule has 0 spiro atoms. The molecule has 2 heteroatoms. The maximum Gasteiger partial charge on any atom is 0.0213 e. The Balaban J connectivity index is 2.02. The van der Waals surface area contributed by atoms with Gasteiger partial charge in [0, 0.05) is 24.1 Å². The molecule has 0 bridgehead atoms. The van der Waals surface area contributed by atoms with E-state index in [0.717, 1.165) is 11.8 Å². The monoisotopic (exact) mass is 221 g/mol. The maximum atomic E-state index is 3.46. The van der Waals surface area contributed by atoms with Gasteiger partial charge >= 0.3 is 0 Å². The Kier molecular flexibility index (Phi) is 3.71. The van der Waals surface area contributed by atoms with Crippen LogP contribution in [0.4, 0.5) is 0 Å². The summed E-state index contributed by atoms with van der Waals surface area (Å²) in [6.07, 6.45) is 1.21. The molecule has 1 nitrogen and oxygen atoms in total. The normalized spacial score (nSPS) is 21.6. The van der Waals surface area contributed by atoms with E-state index >= 15 is 0 Å². The molecule has 0 amide bonds. The van der Waals surface area contributed by atoms with Crippen molar-refractivity contribution < 1.29 is 0 Å². The Morgan fingerprint density at radius 3 is 2.60 bits per heavy atom. The van der Waals surface area contributed by atoms with Gasteiger partial charge in [0.2, 0.25) is 0 Å². The average Bonchev–Trinajstić information content (AvgIpc) is 2.17. The van der Waals surface area contributed by atoms with Crippen molar-refractivity contribution in [3.8, 4) is 0 Å². The largest absolute Gasteiger partial charge is 0.315 e. The van der Waals surface area contributed by atoms with Crippen molar-refractivity contribution in [1.82, 2.24) is 5.32 Å². The van der Waals surface area contributed by atoms with Gasteiger partial charge in [-0.3, -0.25) is 0 Å². The molecule has 1 heterocycles. The molecular formula is C13H19NS. The van der Waals surface area contributed by atoms with E-state index in [1.165, 1.54) is 35.4 Å². The van der Waals surface area contributed by atoms with Gasteiger partial charge in [0.1, 0.15) is 0 Å². The van der Waals surface area contributed by atoms with Gasteiger partial charge in [0.15, 0.2) is 0 Å². The third-order valence-electron chi connectivity index (χ3n) is 2.75. The summed E-state index contributed by atoms with van der Waals surface area (Å²) in [6, 6.07) is 6.89. The number of nitrogens with one attached hydrogen (secondary N) is 1. The zero-order valence-corrected chi connectivity index (χ0v) is 10.4. The van der Waals surface area contributed by atoms with Crippen LogP contribution in [0.25, 0.3) is 0 Å². The van der Waals surface area contributed by atoms with Crippen LogP contribution in [-0.2, 0) is 6.42 Å². The van der Waals surface area contributed by atoms with E-state index in [1.807, 2.05) is 0 Å². The molecule has 1 N–H and O–H groups in total. The number of aryl methyl sites for hydroxylation is 2. The first kappa shape index (κ1) is 11.0. The van der Waals surface area contributed by atoms with Crippen molar-refractivity contribution in [2.45, 2.75) is 25.5 Å². The minimum Gasteiger partial charge on any atom is -0.315 e. The highest BCUT2D eigenvalue weighted by Crippen LogP contribution is 2.19. The lowest BCUT2D eigenvalue weighted by atomic mass is 10.0. The van der Waals surface area contributed by atoms with Gasteiger partial charge in [-0.15, -0.1) is 0 Å². The fraction of sp³-hybridized carbons (Fsp3) is 0.538. The molecule has 1 aliphatic rings. The van der Waals surface area contributed by atoms with Crippen molar-refractivity contribution >= 4 is 11.8 Å². The number of hydrogen-bond donors (Lipinski definition) is 1. The second kappa shape index (κ2) is 5.04. The third kappa shape index (κ3) is 3.25. The molecule has 1 fully saturated rings. The highest BCUT2D eigenvalue weighted by Gasteiger charge is 2.13. The van der Waals surface area contributed by atoms with Crippen LogP contribution in [0.5, 0.6) is 0 Å². The maximum absolute atomic E-state index is 3.46. The molecule has 0 aromatic heterocycles. The summed E-state index contributed by atoms with van der Waals surface area (Å²) in [5, 5.41) is 4.23. The van der Waals surface area contributed by atoms with Gasteiger partial charge in [-0.25, -0.2) is 0 Å². The van der Waals surface area contributed by atoms with Gasteiger partial charge in [-0.2, -0.15) is 11.8 Å². The molecule has 0 saturated carbocycles. The highest BCUT2D eigenvalue weighted by atomic mass is 32.2. The lowest BCUT2D eigenvalue weighted by Crippen LogP contribution is -2.33. The summed E-state index contributed by atoms with van der Waals surface area (Å²) in [4.78, 5) is 0. The summed E-state index contributed by atoms with van der Waals surface area (Å²) in [7, 11) is 0. The van der Waals surface area contributed by atoms with E-state index in [2.05, 4.69) is 49.1 Å². The number of benzene rings is 1. The van der Waals surface area contributed by atoms with E-state index in [4.69, 9.17) is 0 Å². The van der Waals surface area contributed by atoms with Crippen molar-refractivity contribution in [1.29, 1.82) is 0 Å². The Bertz CT molecular complexity index is 309. The summed E-state index contributed by atoms with van der Waals surface area (Å²) in [6.45, 7) is 6.71. The number of hydrogen-bond acceptors (Lipinski definition) is 2. The summed E-state index contributed by atoms with van der Waals surface area (Å²) in [5.74, 6) is 1.26. The van der Waals surface area contributed by atoms with E-state index < -0.39 is 0 Å². The Labute approximate surface area is 96.7 Å². The molecule has 1 unspecified atom stereocenters. The molecular weight excluding hydrogens is 202 g/mol. The molecule has 2 rings (SSSR count). The van der Waals surface area contributed by atoms with E-state index in [-0.39, 0.29) is 0 Å². The Morgan fingerprint density at radius 2 is 2.00 bits per heavy atom. The summed E-state index contributed by atoms with van der Waals surface area (Å²) in [5.41, 5.74) is 4.27. The predicted octanol–water partition coefficient (Wildman–Crippen LogP) is 2.55.